The number of nitrogens with zero attached hydrogens (tertiary/aromatic N) is 2. The summed E-state index contributed by atoms with van der Waals surface area (Å²) in [5, 5.41) is 2.66. The van der Waals surface area contributed by atoms with Crippen molar-refractivity contribution < 1.29 is 31.1 Å². The van der Waals surface area contributed by atoms with Gasteiger partial charge in [0, 0.05) is 25.7 Å². The third-order valence-corrected chi connectivity index (χ3v) is 9.86. The lowest BCUT2D eigenvalue weighted by Gasteiger charge is -2.26. The van der Waals surface area contributed by atoms with Gasteiger partial charge in [-0.3, -0.25) is 9.10 Å². The number of benzene rings is 3. The van der Waals surface area contributed by atoms with E-state index in [-0.39, 0.29) is 39.9 Å². The molecule has 0 saturated carbocycles. The number of morpholine rings is 1. The van der Waals surface area contributed by atoms with Crippen LogP contribution in [0.2, 0.25) is 0 Å². The molecule has 1 amide bonds. The van der Waals surface area contributed by atoms with E-state index < -0.39 is 26.0 Å². The molecule has 3 aromatic rings. The zero-order valence-corrected chi connectivity index (χ0v) is 22.9. The quantitative estimate of drug-likeness (QED) is 0.450. The summed E-state index contributed by atoms with van der Waals surface area (Å²) in [6, 6.07) is 16.9. The Labute approximate surface area is 222 Å². The topological polar surface area (TPSA) is 122 Å². The number of ether oxygens (including phenoxy) is 2. The Morgan fingerprint density at radius 2 is 1.63 bits per heavy atom. The van der Waals surface area contributed by atoms with Gasteiger partial charge in [0.1, 0.15) is 5.75 Å². The highest BCUT2D eigenvalue weighted by Crippen LogP contribution is 2.30. The second-order valence-electron chi connectivity index (χ2n) is 8.67. The van der Waals surface area contributed by atoms with Crippen molar-refractivity contribution in [3.05, 3.63) is 77.9 Å². The molecule has 0 aromatic heterocycles. The van der Waals surface area contributed by atoms with Gasteiger partial charge in [-0.25, -0.2) is 16.8 Å². The molecule has 0 atom stereocenters. The second-order valence-corrected chi connectivity index (χ2v) is 12.6. The fourth-order valence-electron chi connectivity index (χ4n) is 3.93. The first-order valence-electron chi connectivity index (χ1n) is 11.8. The fraction of sp³-hybridized carbons (Fsp3) is 0.269. The summed E-state index contributed by atoms with van der Waals surface area (Å²) < 4.78 is 65.7. The number of methoxy groups -OCH3 is 1. The van der Waals surface area contributed by atoms with Gasteiger partial charge in [-0.05, 0) is 55.5 Å². The molecule has 1 heterocycles. The maximum Gasteiger partial charge on any atom is 0.264 e. The van der Waals surface area contributed by atoms with Crippen LogP contribution in [0.1, 0.15) is 15.9 Å². The summed E-state index contributed by atoms with van der Waals surface area (Å²) in [6.07, 6.45) is 0. The van der Waals surface area contributed by atoms with Gasteiger partial charge in [0.2, 0.25) is 10.0 Å². The van der Waals surface area contributed by atoms with Crippen molar-refractivity contribution in [2.45, 2.75) is 16.7 Å². The van der Waals surface area contributed by atoms with Gasteiger partial charge >= 0.3 is 0 Å². The van der Waals surface area contributed by atoms with Crippen molar-refractivity contribution in [2.24, 2.45) is 0 Å². The van der Waals surface area contributed by atoms with E-state index >= 15 is 0 Å². The highest BCUT2D eigenvalue weighted by Gasteiger charge is 2.28. The Morgan fingerprint density at radius 3 is 2.29 bits per heavy atom. The van der Waals surface area contributed by atoms with Crippen LogP contribution in [-0.4, -0.2) is 67.5 Å². The smallest absolute Gasteiger partial charge is 0.264 e. The number of rotatable bonds is 8. The molecular weight excluding hydrogens is 530 g/mol. The van der Waals surface area contributed by atoms with E-state index in [1.165, 1.54) is 60.9 Å². The van der Waals surface area contributed by atoms with Crippen molar-refractivity contribution in [1.82, 2.24) is 4.31 Å². The van der Waals surface area contributed by atoms with E-state index in [4.69, 9.17) is 9.47 Å². The molecule has 1 N–H and O–H groups in total. The van der Waals surface area contributed by atoms with E-state index in [9.17, 15) is 21.6 Å². The van der Waals surface area contributed by atoms with Gasteiger partial charge in [0.15, 0.2) is 0 Å². The monoisotopic (exact) mass is 559 g/mol. The molecule has 202 valence electrons. The number of carbonyl (C=O) groups excluding carboxylic acids is 1. The SMILES string of the molecule is COc1ccc(S(=O)(=O)N2CCOCC2)cc1NC(=O)c1cccc(S(=O)(=O)N(C)c2ccc(C)cc2)c1. The van der Waals surface area contributed by atoms with Crippen LogP contribution in [0.25, 0.3) is 0 Å². The Kier molecular flexibility index (Phi) is 8.07. The fourth-order valence-corrected chi connectivity index (χ4v) is 6.60. The maximum atomic E-state index is 13.3. The van der Waals surface area contributed by atoms with Gasteiger partial charge in [-0.2, -0.15) is 4.31 Å². The van der Waals surface area contributed by atoms with Gasteiger partial charge in [0.05, 0.1) is 41.5 Å². The highest BCUT2D eigenvalue weighted by atomic mass is 32.2. The molecule has 1 saturated heterocycles. The lowest BCUT2D eigenvalue weighted by atomic mass is 10.2. The molecule has 1 fully saturated rings. The van der Waals surface area contributed by atoms with Crippen LogP contribution in [0, 0.1) is 6.92 Å². The molecule has 0 spiro atoms. The molecule has 12 heteroatoms. The summed E-state index contributed by atoms with van der Waals surface area (Å²) in [7, 11) is -4.92. The first-order chi connectivity index (χ1) is 18.0. The predicted octanol–water partition coefficient (Wildman–Crippen LogP) is 3.10. The van der Waals surface area contributed by atoms with Crippen molar-refractivity contribution in [3.8, 4) is 5.75 Å². The number of hydrogen-bond acceptors (Lipinski definition) is 7. The molecule has 10 nitrogen and oxygen atoms in total. The summed E-state index contributed by atoms with van der Waals surface area (Å²) >= 11 is 0. The molecule has 0 radical (unpaired) electrons. The Bertz CT molecular complexity index is 1530. The number of hydrogen-bond donors (Lipinski definition) is 1. The molecule has 0 aliphatic carbocycles. The zero-order chi connectivity index (χ0) is 27.5. The van der Waals surface area contributed by atoms with Crippen LogP contribution in [0.3, 0.4) is 0 Å². The summed E-state index contributed by atoms with van der Waals surface area (Å²) in [4.78, 5) is 13.1. The van der Waals surface area contributed by atoms with Gasteiger partial charge in [-0.15, -0.1) is 0 Å². The number of aryl methyl sites for hydroxylation is 1. The molecule has 1 aliphatic heterocycles. The van der Waals surface area contributed by atoms with Crippen LogP contribution in [-0.2, 0) is 24.8 Å². The normalized spacial score (nSPS) is 14.6. The second kappa shape index (κ2) is 11.1. The Balaban J connectivity index is 1.60. The van der Waals surface area contributed by atoms with Gasteiger partial charge in [0.25, 0.3) is 15.9 Å². The van der Waals surface area contributed by atoms with Crippen molar-refractivity contribution in [2.75, 3.05) is 50.1 Å². The molecule has 4 rings (SSSR count). The summed E-state index contributed by atoms with van der Waals surface area (Å²) in [5.41, 5.74) is 1.69. The Morgan fingerprint density at radius 1 is 0.947 bits per heavy atom. The van der Waals surface area contributed by atoms with Crippen molar-refractivity contribution in [3.63, 3.8) is 0 Å². The summed E-state index contributed by atoms with van der Waals surface area (Å²) in [6.45, 7) is 2.97. The molecule has 3 aromatic carbocycles. The third-order valence-electron chi connectivity index (χ3n) is 6.18. The molecular formula is C26H29N3O7S2. The zero-order valence-electron chi connectivity index (χ0n) is 21.2. The van der Waals surface area contributed by atoms with Gasteiger partial charge < -0.3 is 14.8 Å². The number of anilines is 2. The molecule has 0 unspecified atom stereocenters. The number of nitrogens with one attached hydrogen (secondary N) is 1. The molecule has 0 bridgehead atoms. The number of carbonyl (C=O) groups is 1. The lowest BCUT2D eigenvalue weighted by Crippen LogP contribution is -2.40. The van der Waals surface area contributed by atoms with E-state index in [1.807, 2.05) is 19.1 Å². The van der Waals surface area contributed by atoms with E-state index in [2.05, 4.69) is 5.32 Å². The van der Waals surface area contributed by atoms with E-state index in [1.54, 1.807) is 12.1 Å². The standard InChI is InChI=1S/C26H29N3O7S2/c1-19-7-9-21(10-8-19)28(2)37(31,32)22-6-4-5-20(17-22)26(30)27-24-18-23(11-12-25(24)35-3)38(33,34)29-13-15-36-16-14-29/h4-12,17-18H,13-16H2,1-3H3,(H,27,30). The Hall–Kier alpha value is -3.45. The van der Waals surface area contributed by atoms with Crippen molar-refractivity contribution in [1.29, 1.82) is 0 Å². The van der Waals surface area contributed by atoms with Crippen LogP contribution < -0.4 is 14.4 Å². The molecule has 38 heavy (non-hydrogen) atoms. The summed E-state index contributed by atoms with van der Waals surface area (Å²) in [5.74, 6) is -0.374. The first-order valence-corrected chi connectivity index (χ1v) is 14.6. The van der Waals surface area contributed by atoms with E-state index in [0.717, 1.165) is 9.87 Å². The number of amides is 1. The maximum absolute atomic E-state index is 13.3. The van der Waals surface area contributed by atoms with Crippen LogP contribution in [0.15, 0.2) is 76.5 Å². The van der Waals surface area contributed by atoms with Crippen LogP contribution >= 0.6 is 0 Å². The number of sulfonamides is 2. The van der Waals surface area contributed by atoms with Gasteiger partial charge in [-0.1, -0.05) is 23.8 Å². The minimum absolute atomic E-state index is 0.00782. The minimum atomic E-state index is -3.95. The predicted molar refractivity (Wildman–Crippen MR) is 144 cm³/mol. The third kappa shape index (κ3) is 5.68. The van der Waals surface area contributed by atoms with Crippen LogP contribution in [0.4, 0.5) is 11.4 Å². The minimum Gasteiger partial charge on any atom is -0.495 e. The van der Waals surface area contributed by atoms with Crippen molar-refractivity contribution >= 4 is 37.3 Å². The first kappa shape index (κ1) is 27.6. The molecule has 1 aliphatic rings. The average molecular weight is 560 g/mol. The highest BCUT2D eigenvalue weighted by molar-refractivity contribution is 7.92. The van der Waals surface area contributed by atoms with Crippen LogP contribution in [0.5, 0.6) is 5.75 Å². The lowest BCUT2D eigenvalue weighted by molar-refractivity contribution is 0.0730. The average Bonchev–Trinajstić information content (AvgIpc) is 2.93. The van der Waals surface area contributed by atoms with E-state index in [0.29, 0.717) is 18.9 Å². The largest absolute Gasteiger partial charge is 0.495 e.